The lowest BCUT2D eigenvalue weighted by Gasteiger charge is -2.16. The van der Waals surface area contributed by atoms with Gasteiger partial charge in [-0.25, -0.2) is 4.39 Å². The summed E-state index contributed by atoms with van der Waals surface area (Å²) in [6.07, 6.45) is 0.0961. The average molecular weight is 406 g/mol. The SMILES string of the molecule is COCc1ccc2c(n1)CN(C(=O)Cc1nc(-c3ccc(F)cc3C)ccc1N)C2. The van der Waals surface area contributed by atoms with E-state index in [9.17, 15) is 9.18 Å². The molecule has 6 nitrogen and oxygen atoms in total. The zero-order valence-corrected chi connectivity index (χ0v) is 17.0. The molecule has 2 aromatic heterocycles. The third-order valence-electron chi connectivity index (χ3n) is 5.27. The molecule has 0 aliphatic carbocycles. The van der Waals surface area contributed by atoms with E-state index in [0.29, 0.717) is 36.8 Å². The first kappa shape index (κ1) is 20.0. The van der Waals surface area contributed by atoms with Crippen LogP contribution in [-0.2, 0) is 35.6 Å². The van der Waals surface area contributed by atoms with Crippen LogP contribution in [0.2, 0.25) is 0 Å². The zero-order chi connectivity index (χ0) is 21.3. The molecule has 0 bridgehead atoms. The van der Waals surface area contributed by atoms with E-state index in [0.717, 1.165) is 28.1 Å². The summed E-state index contributed by atoms with van der Waals surface area (Å²) < 4.78 is 18.6. The molecule has 0 saturated carbocycles. The highest BCUT2D eigenvalue weighted by molar-refractivity contribution is 5.81. The van der Waals surface area contributed by atoms with Crippen LogP contribution in [0.3, 0.4) is 0 Å². The number of pyridine rings is 2. The zero-order valence-electron chi connectivity index (χ0n) is 17.0. The van der Waals surface area contributed by atoms with Crippen molar-refractivity contribution < 1.29 is 13.9 Å². The summed E-state index contributed by atoms with van der Waals surface area (Å²) in [6, 6.07) is 12.0. The first-order valence-corrected chi connectivity index (χ1v) is 9.71. The van der Waals surface area contributed by atoms with Gasteiger partial charge in [0, 0.05) is 19.2 Å². The number of hydrogen-bond donors (Lipinski definition) is 1. The molecule has 0 radical (unpaired) electrons. The quantitative estimate of drug-likeness (QED) is 0.702. The standard InChI is InChI=1S/C23H23FN4O2/c1-14-9-16(24)4-6-18(14)20-8-7-19(25)21(27-20)10-23(29)28-11-15-3-5-17(13-30-2)26-22(15)12-28/h3-9H,10-13,25H2,1-2H3. The van der Waals surface area contributed by atoms with Crippen LogP contribution in [0, 0.1) is 12.7 Å². The number of carbonyl (C=O) groups excluding carboxylic acids is 1. The monoisotopic (exact) mass is 406 g/mol. The smallest absolute Gasteiger partial charge is 0.229 e. The Morgan fingerprint density at radius 3 is 2.77 bits per heavy atom. The molecule has 154 valence electrons. The number of methoxy groups -OCH3 is 1. The number of benzene rings is 1. The van der Waals surface area contributed by atoms with Gasteiger partial charge >= 0.3 is 0 Å². The number of amides is 1. The lowest BCUT2D eigenvalue weighted by atomic mass is 10.0. The highest BCUT2D eigenvalue weighted by atomic mass is 19.1. The highest BCUT2D eigenvalue weighted by Crippen LogP contribution is 2.26. The summed E-state index contributed by atoms with van der Waals surface area (Å²) in [7, 11) is 1.63. The van der Waals surface area contributed by atoms with Crippen LogP contribution in [0.25, 0.3) is 11.3 Å². The number of aryl methyl sites for hydroxylation is 1. The lowest BCUT2D eigenvalue weighted by molar-refractivity contribution is -0.131. The summed E-state index contributed by atoms with van der Waals surface area (Å²) in [5, 5.41) is 0. The molecule has 0 saturated heterocycles. The Bertz CT molecular complexity index is 1120. The Labute approximate surface area is 174 Å². The van der Waals surface area contributed by atoms with Gasteiger partial charge in [0.2, 0.25) is 5.91 Å². The van der Waals surface area contributed by atoms with E-state index in [-0.39, 0.29) is 18.1 Å². The number of nitrogens with zero attached hydrogens (tertiary/aromatic N) is 3. The number of rotatable bonds is 5. The third kappa shape index (κ3) is 4.02. The predicted molar refractivity (Wildman–Crippen MR) is 112 cm³/mol. The molecule has 3 heterocycles. The van der Waals surface area contributed by atoms with Crippen LogP contribution in [0.15, 0.2) is 42.5 Å². The van der Waals surface area contributed by atoms with Crippen molar-refractivity contribution in [2.75, 3.05) is 12.8 Å². The Morgan fingerprint density at radius 1 is 1.17 bits per heavy atom. The van der Waals surface area contributed by atoms with Crippen molar-refractivity contribution >= 4 is 11.6 Å². The number of fused-ring (bicyclic) bond motifs is 1. The van der Waals surface area contributed by atoms with Crippen LogP contribution in [0.1, 0.15) is 28.2 Å². The van der Waals surface area contributed by atoms with Crippen molar-refractivity contribution in [3.63, 3.8) is 0 Å². The first-order chi connectivity index (χ1) is 14.4. The van der Waals surface area contributed by atoms with E-state index in [1.807, 2.05) is 19.1 Å². The lowest BCUT2D eigenvalue weighted by Crippen LogP contribution is -2.27. The molecular formula is C23H23FN4O2. The second-order valence-electron chi connectivity index (χ2n) is 7.46. The molecule has 0 spiro atoms. The Balaban J connectivity index is 1.52. The third-order valence-corrected chi connectivity index (χ3v) is 5.27. The molecular weight excluding hydrogens is 383 g/mol. The van der Waals surface area contributed by atoms with Crippen molar-refractivity contribution in [2.45, 2.75) is 33.0 Å². The Kier molecular flexibility index (Phi) is 5.46. The number of halogens is 1. The summed E-state index contributed by atoms with van der Waals surface area (Å²) in [5.41, 5.74) is 12.1. The summed E-state index contributed by atoms with van der Waals surface area (Å²) in [4.78, 5) is 23.9. The molecule has 3 aromatic rings. The van der Waals surface area contributed by atoms with Crippen molar-refractivity contribution in [1.82, 2.24) is 14.9 Å². The van der Waals surface area contributed by atoms with E-state index in [1.165, 1.54) is 12.1 Å². The van der Waals surface area contributed by atoms with Crippen molar-refractivity contribution in [3.8, 4) is 11.3 Å². The van der Waals surface area contributed by atoms with Gasteiger partial charge in [0.1, 0.15) is 5.82 Å². The topological polar surface area (TPSA) is 81.3 Å². The van der Waals surface area contributed by atoms with Crippen LogP contribution < -0.4 is 5.73 Å². The van der Waals surface area contributed by atoms with Gasteiger partial charge in [-0.3, -0.25) is 14.8 Å². The Hall–Kier alpha value is -3.32. The van der Waals surface area contributed by atoms with Crippen LogP contribution in [0.4, 0.5) is 10.1 Å². The summed E-state index contributed by atoms with van der Waals surface area (Å²) >= 11 is 0. The first-order valence-electron chi connectivity index (χ1n) is 9.71. The van der Waals surface area contributed by atoms with E-state index in [4.69, 9.17) is 10.5 Å². The maximum Gasteiger partial charge on any atom is 0.229 e. The minimum Gasteiger partial charge on any atom is -0.397 e. The molecule has 1 aromatic carbocycles. The van der Waals surface area contributed by atoms with Crippen molar-refractivity contribution in [1.29, 1.82) is 0 Å². The maximum atomic E-state index is 13.4. The fourth-order valence-corrected chi connectivity index (χ4v) is 3.68. The van der Waals surface area contributed by atoms with Gasteiger partial charge in [-0.2, -0.15) is 0 Å². The highest BCUT2D eigenvalue weighted by Gasteiger charge is 2.25. The van der Waals surface area contributed by atoms with E-state index in [2.05, 4.69) is 9.97 Å². The molecule has 2 N–H and O–H groups in total. The molecule has 1 amide bonds. The second-order valence-corrected chi connectivity index (χ2v) is 7.46. The number of ether oxygens (including phenoxy) is 1. The van der Waals surface area contributed by atoms with Crippen LogP contribution >= 0.6 is 0 Å². The normalized spacial score (nSPS) is 12.8. The molecule has 0 fully saturated rings. The summed E-state index contributed by atoms with van der Waals surface area (Å²) in [6.45, 7) is 3.25. The number of hydrogen-bond acceptors (Lipinski definition) is 5. The molecule has 1 aliphatic heterocycles. The van der Waals surface area contributed by atoms with Crippen molar-refractivity contribution in [2.24, 2.45) is 0 Å². The maximum absolute atomic E-state index is 13.4. The van der Waals surface area contributed by atoms with Crippen LogP contribution in [0.5, 0.6) is 0 Å². The van der Waals surface area contributed by atoms with Gasteiger partial charge in [0.25, 0.3) is 0 Å². The minimum absolute atomic E-state index is 0.0616. The van der Waals surface area contributed by atoms with Gasteiger partial charge in [0.15, 0.2) is 0 Å². The van der Waals surface area contributed by atoms with Gasteiger partial charge in [0.05, 0.1) is 48.0 Å². The number of nitrogens with two attached hydrogens (primary N) is 1. The molecule has 4 rings (SSSR count). The Morgan fingerprint density at radius 2 is 2.00 bits per heavy atom. The second kappa shape index (κ2) is 8.20. The van der Waals surface area contributed by atoms with Gasteiger partial charge in [-0.05, 0) is 54.4 Å². The average Bonchev–Trinajstić information content (AvgIpc) is 3.14. The van der Waals surface area contributed by atoms with Crippen molar-refractivity contribution in [3.05, 3.63) is 76.5 Å². The fraction of sp³-hybridized carbons (Fsp3) is 0.261. The van der Waals surface area contributed by atoms with Gasteiger partial charge in [-0.1, -0.05) is 6.07 Å². The number of anilines is 1. The minimum atomic E-state index is -0.294. The molecule has 1 aliphatic rings. The number of carbonyl (C=O) groups is 1. The van der Waals surface area contributed by atoms with Gasteiger partial charge in [-0.15, -0.1) is 0 Å². The largest absolute Gasteiger partial charge is 0.397 e. The van der Waals surface area contributed by atoms with Gasteiger partial charge < -0.3 is 15.4 Å². The molecule has 30 heavy (non-hydrogen) atoms. The molecule has 0 unspecified atom stereocenters. The van der Waals surface area contributed by atoms with Crippen LogP contribution in [-0.4, -0.2) is 27.9 Å². The van der Waals surface area contributed by atoms with E-state index < -0.39 is 0 Å². The number of nitrogen functional groups attached to an aromatic ring is 1. The predicted octanol–water partition coefficient (Wildman–Crippen LogP) is 3.40. The van der Waals surface area contributed by atoms with E-state index >= 15 is 0 Å². The number of aromatic nitrogens is 2. The summed E-state index contributed by atoms with van der Waals surface area (Å²) in [5.74, 6) is -0.355. The fourth-order valence-electron chi connectivity index (χ4n) is 3.68. The molecule has 7 heteroatoms. The van der Waals surface area contributed by atoms with E-state index in [1.54, 1.807) is 30.2 Å². The molecule has 0 atom stereocenters.